The average Bonchev–Trinajstić information content (AvgIpc) is 3.09. The zero-order valence-corrected chi connectivity index (χ0v) is 15.1. The minimum Gasteiger partial charge on any atom is -0.375 e. The van der Waals surface area contributed by atoms with Gasteiger partial charge in [0, 0.05) is 31.8 Å². The number of benzene rings is 1. The second kappa shape index (κ2) is 8.35. The summed E-state index contributed by atoms with van der Waals surface area (Å²) >= 11 is 1.15. The van der Waals surface area contributed by atoms with Gasteiger partial charge >= 0.3 is 0 Å². The standard InChI is InChI=1S/C17H22N4O3S/c1-24-11-16(22)18-8-7-13-4-2-3-9-21(13)17(23)12-5-6-14-15(10-12)20-25-19-14/h5-6,10,13H,2-4,7-9,11H2,1H3,(H,18,22)/t13-/m0/s1. The van der Waals surface area contributed by atoms with Gasteiger partial charge < -0.3 is 15.0 Å². The van der Waals surface area contributed by atoms with Crippen molar-refractivity contribution in [2.24, 2.45) is 0 Å². The quantitative estimate of drug-likeness (QED) is 0.848. The number of aromatic nitrogens is 2. The summed E-state index contributed by atoms with van der Waals surface area (Å²) in [6, 6.07) is 5.62. The largest absolute Gasteiger partial charge is 0.375 e. The Labute approximate surface area is 150 Å². The van der Waals surface area contributed by atoms with Gasteiger partial charge in [0.2, 0.25) is 5.91 Å². The highest BCUT2D eigenvalue weighted by molar-refractivity contribution is 7.00. The van der Waals surface area contributed by atoms with Crippen molar-refractivity contribution in [3.8, 4) is 0 Å². The van der Waals surface area contributed by atoms with E-state index < -0.39 is 0 Å². The summed E-state index contributed by atoms with van der Waals surface area (Å²) in [6.07, 6.45) is 3.84. The van der Waals surface area contributed by atoms with Gasteiger partial charge in [-0.15, -0.1) is 0 Å². The number of piperidine rings is 1. The van der Waals surface area contributed by atoms with Crippen LogP contribution in [0.25, 0.3) is 11.0 Å². The molecule has 0 radical (unpaired) electrons. The number of fused-ring (bicyclic) bond motifs is 1. The Bertz CT molecular complexity index is 748. The van der Waals surface area contributed by atoms with E-state index in [9.17, 15) is 9.59 Å². The van der Waals surface area contributed by atoms with E-state index in [4.69, 9.17) is 4.74 Å². The molecule has 1 N–H and O–H groups in total. The second-order valence-corrected chi connectivity index (χ2v) is 6.72. The molecule has 8 heteroatoms. The summed E-state index contributed by atoms with van der Waals surface area (Å²) in [7, 11) is 1.50. The van der Waals surface area contributed by atoms with E-state index in [1.165, 1.54) is 7.11 Å². The predicted molar refractivity (Wildman–Crippen MR) is 95.6 cm³/mol. The minimum absolute atomic E-state index is 0.0304. The van der Waals surface area contributed by atoms with Gasteiger partial charge in [-0.1, -0.05) is 0 Å². The number of carbonyl (C=O) groups excluding carboxylic acids is 2. The van der Waals surface area contributed by atoms with E-state index in [-0.39, 0.29) is 24.5 Å². The van der Waals surface area contributed by atoms with Gasteiger partial charge in [-0.05, 0) is 43.9 Å². The highest BCUT2D eigenvalue weighted by Gasteiger charge is 2.27. The lowest BCUT2D eigenvalue weighted by Crippen LogP contribution is -2.45. The topological polar surface area (TPSA) is 84.4 Å². The number of nitrogens with zero attached hydrogens (tertiary/aromatic N) is 3. The third-order valence-electron chi connectivity index (χ3n) is 4.46. The van der Waals surface area contributed by atoms with Crippen molar-refractivity contribution < 1.29 is 14.3 Å². The smallest absolute Gasteiger partial charge is 0.254 e. The Morgan fingerprint density at radius 1 is 1.32 bits per heavy atom. The second-order valence-electron chi connectivity index (χ2n) is 6.19. The number of hydrogen-bond acceptors (Lipinski definition) is 6. The first kappa shape index (κ1) is 17.8. The van der Waals surface area contributed by atoms with Crippen molar-refractivity contribution in [3.05, 3.63) is 23.8 Å². The molecule has 25 heavy (non-hydrogen) atoms. The van der Waals surface area contributed by atoms with Crippen LogP contribution >= 0.6 is 11.7 Å². The Morgan fingerprint density at radius 3 is 3.00 bits per heavy atom. The molecule has 1 saturated heterocycles. The molecule has 0 spiro atoms. The van der Waals surface area contributed by atoms with Gasteiger partial charge in [-0.3, -0.25) is 9.59 Å². The molecule has 1 atom stereocenters. The zero-order chi connectivity index (χ0) is 17.6. The van der Waals surface area contributed by atoms with E-state index >= 15 is 0 Å². The third-order valence-corrected chi connectivity index (χ3v) is 5.02. The van der Waals surface area contributed by atoms with Crippen molar-refractivity contribution in [2.75, 3.05) is 26.8 Å². The molecular formula is C17H22N4O3S. The summed E-state index contributed by atoms with van der Waals surface area (Å²) < 4.78 is 13.2. The Balaban J connectivity index is 1.65. The minimum atomic E-state index is -0.127. The lowest BCUT2D eigenvalue weighted by molar-refractivity contribution is -0.124. The number of ether oxygens (including phenoxy) is 1. The zero-order valence-electron chi connectivity index (χ0n) is 14.2. The number of rotatable bonds is 6. The molecule has 1 fully saturated rings. The van der Waals surface area contributed by atoms with E-state index in [0.29, 0.717) is 12.1 Å². The number of nitrogens with one attached hydrogen (secondary N) is 1. The summed E-state index contributed by atoms with van der Waals surface area (Å²) in [6.45, 7) is 1.36. The Morgan fingerprint density at radius 2 is 2.16 bits per heavy atom. The van der Waals surface area contributed by atoms with Crippen molar-refractivity contribution in [2.45, 2.75) is 31.7 Å². The van der Waals surface area contributed by atoms with E-state index in [1.54, 1.807) is 0 Å². The number of carbonyl (C=O) groups is 2. The number of hydrogen-bond donors (Lipinski definition) is 1. The molecule has 1 aromatic carbocycles. The van der Waals surface area contributed by atoms with Crippen molar-refractivity contribution in [3.63, 3.8) is 0 Å². The molecule has 2 heterocycles. The monoisotopic (exact) mass is 362 g/mol. The lowest BCUT2D eigenvalue weighted by atomic mass is 9.98. The van der Waals surface area contributed by atoms with Crippen LogP contribution in [0.4, 0.5) is 0 Å². The van der Waals surface area contributed by atoms with E-state index in [1.807, 2.05) is 23.1 Å². The maximum atomic E-state index is 12.9. The van der Waals surface area contributed by atoms with Crippen LogP contribution in [0.15, 0.2) is 18.2 Å². The Hall–Kier alpha value is -2.06. The number of methoxy groups -OCH3 is 1. The van der Waals surface area contributed by atoms with Crippen LogP contribution in [0.2, 0.25) is 0 Å². The van der Waals surface area contributed by atoms with Gasteiger partial charge in [-0.25, -0.2) is 0 Å². The first-order valence-corrected chi connectivity index (χ1v) is 9.21. The normalized spacial score (nSPS) is 17.6. The third kappa shape index (κ3) is 4.32. The molecule has 2 amide bonds. The number of likely N-dealkylation sites (tertiary alicyclic amines) is 1. The lowest BCUT2D eigenvalue weighted by Gasteiger charge is -2.36. The van der Waals surface area contributed by atoms with Crippen molar-refractivity contribution in [1.82, 2.24) is 19.0 Å². The predicted octanol–water partition coefficient (Wildman–Crippen LogP) is 1.84. The summed E-state index contributed by atoms with van der Waals surface area (Å²) in [5, 5.41) is 2.83. The molecular weight excluding hydrogens is 340 g/mol. The van der Waals surface area contributed by atoms with Gasteiger partial charge in [0.15, 0.2) is 0 Å². The highest BCUT2D eigenvalue weighted by Crippen LogP contribution is 2.23. The van der Waals surface area contributed by atoms with Gasteiger partial charge in [0.1, 0.15) is 17.6 Å². The Kier molecular flexibility index (Phi) is 5.93. The molecule has 0 saturated carbocycles. The van der Waals surface area contributed by atoms with Crippen LogP contribution in [0.1, 0.15) is 36.0 Å². The summed E-state index contributed by atoms with van der Waals surface area (Å²) in [5.74, 6) is -0.0968. The molecule has 3 rings (SSSR count). The van der Waals surface area contributed by atoms with Gasteiger partial charge in [0.25, 0.3) is 5.91 Å². The molecule has 1 aliphatic rings. The summed E-state index contributed by atoms with van der Waals surface area (Å²) in [4.78, 5) is 26.4. The SMILES string of the molecule is COCC(=O)NCC[C@@H]1CCCCN1C(=O)c1ccc2nsnc2c1. The summed E-state index contributed by atoms with van der Waals surface area (Å²) in [5.41, 5.74) is 2.23. The first-order chi connectivity index (χ1) is 12.2. The fourth-order valence-corrected chi connectivity index (χ4v) is 3.73. The number of amides is 2. The fourth-order valence-electron chi connectivity index (χ4n) is 3.21. The van der Waals surface area contributed by atoms with Crippen molar-refractivity contribution >= 4 is 34.6 Å². The van der Waals surface area contributed by atoms with Gasteiger partial charge in [-0.2, -0.15) is 8.75 Å². The molecule has 134 valence electrons. The average molecular weight is 362 g/mol. The maximum absolute atomic E-state index is 12.9. The van der Waals surface area contributed by atoms with E-state index in [2.05, 4.69) is 14.1 Å². The van der Waals surface area contributed by atoms with Gasteiger partial charge in [0.05, 0.1) is 11.7 Å². The molecule has 1 aromatic heterocycles. The maximum Gasteiger partial charge on any atom is 0.254 e. The molecule has 0 aliphatic carbocycles. The molecule has 1 aliphatic heterocycles. The highest BCUT2D eigenvalue weighted by atomic mass is 32.1. The van der Waals surface area contributed by atoms with E-state index in [0.717, 1.165) is 55.0 Å². The molecule has 0 bridgehead atoms. The fraction of sp³-hybridized carbons (Fsp3) is 0.529. The van der Waals surface area contributed by atoms with Crippen LogP contribution in [-0.4, -0.2) is 58.3 Å². The molecule has 7 nitrogen and oxygen atoms in total. The molecule has 0 unspecified atom stereocenters. The van der Waals surface area contributed by atoms with Crippen molar-refractivity contribution in [1.29, 1.82) is 0 Å². The molecule has 2 aromatic rings. The van der Waals surface area contributed by atoms with Crippen LogP contribution in [0, 0.1) is 0 Å². The first-order valence-electron chi connectivity index (χ1n) is 8.48. The van der Waals surface area contributed by atoms with Crippen LogP contribution in [-0.2, 0) is 9.53 Å². The van der Waals surface area contributed by atoms with Crippen LogP contribution in [0.5, 0.6) is 0 Å². The van der Waals surface area contributed by atoms with Crippen LogP contribution in [0.3, 0.4) is 0 Å². The van der Waals surface area contributed by atoms with Crippen LogP contribution < -0.4 is 5.32 Å².